The fourth-order valence-corrected chi connectivity index (χ4v) is 2.46. The molecule has 0 aromatic rings. The van der Waals surface area contributed by atoms with Gasteiger partial charge in [0, 0.05) is 19.1 Å². The molecule has 2 nitrogen and oxygen atoms in total. The molecule has 2 unspecified atom stereocenters. The van der Waals surface area contributed by atoms with Crippen molar-refractivity contribution in [2.75, 3.05) is 26.2 Å². The second-order valence-electron chi connectivity index (χ2n) is 5.23. The Hall–Kier alpha value is -0.0800. The van der Waals surface area contributed by atoms with Gasteiger partial charge in [-0.25, -0.2) is 0 Å². The van der Waals surface area contributed by atoms with E-state index in [1.54, 1.807) is 0 Å². The molecule has 1 fully saturated rings. The van der Waals surface area contributed by atoms with Gasteiger partial charge < -0.3 is 10.2 Å². The summed E-state index contributed by atoms with van der Waals surface area (Å²) in [6.07, 6.45) is 2.76. The van der Waals surface area contributed by atoms with Gasteiger partial charge in [0.2, 0.25) is 0 Å². The summed E-state index contributed by atoms with van der Waals surface area (Å²) in [7, 11) is 0. The zero-order valence-electron chi connectivity index (χ0n) is 10.9. The van der Waals surface area contributed by atoms with Gasteiger partial charge in [0.15, 0.2) is 0 Å². The van der Waals surface area contributed by atoms with Gasteiger partial charge in [-0.05, 0) is 31.3 Å². The molecular weight excluding hydrogens is 184 g/mol. The lowest BCUT2D eigenvalue weighted by molar-refractivity contribution is 0.250. The van der Waals surface area contributed by atoms with Crippen LogP contribution in [0.5, 0.6) is 0 Å². The molecule has 0 aliphatic carbocycles. The summed E-state index contributed by atoms with van der Waals surface area (Å²) >= 11 is 0. The number of likely N-dealkylation sites (N-methyl/N-ethyl adjacent to an activating group) is 1. The van der Waals surface area contributed by atoms with Crippen molar-refractivity contribution < 1.29 is 0 Å². The molecule has 90 valence electrons. The zero-order chi connectivity index (χ0) is 11.3. The summed E-state index contributed by atoms with van der Waals surface area (Å²) in [6.45, 7) is 14.1. The van der Waals surface area contributed by atoms with Crippen molar-refractivity contribution in [1.82, 2.24) is 10.2 Å². The average molecular weight is 212 g/mol. The molecule has 0 aromatic heterocycles. The van der Waals surface area contributed by atoms with Crippen molar-refractivity contribution >= 4 is 0 Å². The Kier molecular flexibility index (Phi) is 5.62. The van der Waals surface area contributed by atoms with Gasteiger partial charge >= 0.3 is 0 Å². The highest BCUT2D eigenvalue weighted by molar-refractivity contribution is 4.80. The molecule has 1 heterocycles. The smallest absolute Gasteiger partial charge is 0.0217 e. The second kappa shape index (κ2) is 6.49. The lowest BCUT2D eigenvalue weighted by Crippen LogP contribution is -2.43. The molecule has 2 heteroatoms. The van der Waals surface area contributed by atoms with E-state index in [-0.39, 0.29) is 0 Å². The Morgan fingerprint density at radius 1 is 1.33 bits per heavy atom. The van der Waals surface area contributed by atoms with E-state index in [1.165, 1.54) is 32.5 Å². The number of rotatable bonds is 6. The maximum absolute atomic E-state index is 3.60. The van der Waals surface area contributed by atoms with Crippen LogP contribution in [0.2, 0.25) is 0 Å². The van der Waals surface area contributed by atoms with E-state index in [2.05, 4.69) is 37.9 Å². The summed E-state index contributed by atoms with van der Waals surface area (Å²) < 4.78 is 0. The van der Waals surface area contributed by atoms with Crippen LogP contribution >= 0.6 is 0 Å². The zero-order valence-corrected chi connectivity index (χ0v) is 10.9. The molecule has 1 aliphatic rings. The standard InChI is InChI=1S/C13H28N2/c1-5-12-7-8-15(9-12)10-13(11(3)4)14-6-2/h11-14H,5-10H2,1-4H3. The van der Waals surface area contributed by atoms with Crippen LogP contribution < -0.4 is 5.32 Å². The first-order chi connectivity index (χ1) is 7.17. The topological polar surface area (TPSA) is 15.3 Å². The molecule has 0 saturated carbocycles. The van der Waals surface area contributed by atoms with Gasteiger partial charge in [-0.3, -0.25) is 0 Å². The van der Waals surface area contributed by atoms with Crippen molar-refractivity contribution in [3.63, 3.8) is 0 Å². The maximum atomic E-state index is 3.60. The van der Waals surface area contributed by atoms with Crippen LogP contribution in [-0.2, 0) is 0 Å². The second-order valence-corrected chi connectivity index (χ2v) is 5.23. The Bertz CT molecular complexity index is 168. The molecule has 15 heavy (non-hydrogen) atoms. The minimum Gasteiger partial charge on any atom is -0.313 e. The largest absolute Gasteiger partial charge is 0.313 e. The molecule has 0 radical (unpaired) electrons. The third-order valence-electron chi connectivity index (χ3n) is 3.67. The van der Waals surface area contributed by atoms with Crippen LogP contribution in [0.4, 0.5) is 0 Å². The monoisotopic (exact) mass is 212 g/mol. The van der Waals surface area contributed by atoms with Crippen LogP contribution in [0, 0.1) is 11.8 Å². The Labute approximate surface area is 95.4 Å². The fourth-order valence-electron chi connectivity index (χ4n) is 2.46. The van der Waals surface area contributed by atoms with Crippen LogP contribution in [0.25, 0.3) is 0 Å². The molecule has 2 atom stereocenters. The lowest BCUT2D eigenvalue weighted by Gasteiger charge is -2.27. The molecule has 1 saturated heterocycles. The van der Waals surface area contributed by atoms with Gasteiger partial charge in [-0.1, -0.05) is 34.1 Å². The summed E-state index contributed by atoms with van der Waals surface area (Å²) in [5.41, 5.74) is 0. The van der Waals surface area contributed by atoms with Crippen LogP contribution in [0.3, 0.4) is 0 Å². The first-order valence-corrected chi connectivity index (χ1v) is 6.63. The normalized spacial score (nSPS) is 25.0. The number of hydrogen-bond donors (Lipinski definition) is 1. The highest BCUT2D eigenvalue weighted by Crippen LogP contribution is 2.19. The molecule has 0 bridgehead atoms. The molecule has 0 aromatic carbocycles. The summed E-state index contributed by atoms with van der Waals surface area (Å²) in [6, 6.07) is 0.672. The van der Waals surface area contributed by atoms with Crippen molar-refractivity contribution in [3.8, 4) is 0 Å². The van der Waals surface area contributed by atoms with E-state index >= 15 is 0 Å². The number of likely N-dealkylation sites (tertiary alicyclic amines) is 1. The van der Waals surface area contributed by atoms with Gasteiger partial charge in [-0.2, -0.15) is 0 Å². The van der Waals surface area contributed by atoms with Gasteiger partial charge in [0.05, 0.1) is 0 Å². The summed E-state index contributed by atoms with van der Waals surface area (Å²) in [4.78, 5) is 2.64. The predicted molar refractivity (Wildman–Crippen MR) is 67.1 cm³/mol. The Morgan fingerprint density at radius 3 is 2.53 bits per heavy atom. The van der Waals surface area contributed by atoms with Crippen LogP contribution in [-0.4, -0.2) is 37.1 Å². The highest BCUT2D eigenvalue weighted by Gasteiger charge is 2.24. The van der Waals surface area contributed by atoms with Crippen LogP contribution in [0.15, 0.2) is 0 Å². The SMILES string of the molecule is CCNC(CN1CCC(CC)C1)C(C)C. The number of hydrogen-bond acceptors (Lipinski definition) is 2. The van der Waals surface area contributed by atoms with Crippen LogP contribution in [0.1, 0.15) is 40.5 Å². The molecule has 0 amide bonds. The van der Waals surface area contributed by atoms with Crippen molar-refractivity contribution in [2.45, 2.75) is 46.6 Å². The maximum Gasteiger partial charge on any atom is 0.0217 e. The van der Waals surface area contributed by atoms with Gasteiger partial charge in [0.25, 0.3) is 0 Å². The first-order valence-electron chi connectivity index (χ1n) is 6.63. The molecule has 0 spiro atoms. The molecule has 1 rings (SSSR count). The van der Waals surface area contributed by atoms with E-state index in [1.807, 2.05) is 0 Å². The third-order valence-corrected chi connectivity index (χ3v) is 3.67. The predicted octanol–water partition coefficient (Wildman–Crippen LogP) is 2.35. The number of nitrogens with one attached hydrogen (secondary N) is 1. The fraction of sp³-hybridized carbons (Fsp3) is 1.00. The highest BCUT2D eigenvalue weighted by atomic mass is 15.2. The van der Waals surface area contributed by atoms with E-state index in [0.717, 1.165) is 18.4 Å². The minimum atomic E-state index is 0.672. The molecule has 1 N–H and O–H groups in total. The summed E-state index contributed by atoms with van der Waals surface area (Å²) in [5.74, 6) is 1.70. The van der Waals surface area contributed by atoms with Crippen molar-refractivity contribution in [1.29, 1.82) is 0 Å². The van der Waals surface area contributed by atoms with Crippen molar-refractivity contribution in [2.24, 2.45) is 11.8 Å². The lowest BCUT2D eigenvalue weighted by atomic mass is 10.0. The number of nitrogens with zero attached hydrogens (tertiary/aromatic N) is 1. The van der Waals surface area contributed by atoms with Gasteiger partial charge in [0.1, 0.15) is 0 Å². The third kappa shape index (κ3) is 4.12. The van der Waals surface area contributed by atoms with Crippen molar-refractivity contribution in [3.05, 3.63) is 0 Å². The minimum absolute atomic E-state index is 0.672. The van der Waals surface area contributed by atoms with E-state index in [9.17, 15) is 0 Å². The van der Waals surface area contributed by atoms with Gasteiger partial charge in [-0.15, -0.1) is 0 Å². The molecular formula is C13H28N2. The summed E-state index contributed by atoms with van der Waals surface area (Å²) in [5, 5.41) is 3.60. The quantitative estimate of drug-likeness (QED) is 0.727. The Balaban J connectivity index is 2.32. The van der Waals surface area contributed by atoms with E-state index in [0.29, 0.717) is 6.04 Å². The molecule has 1 aliphatic heterocycles. The van der Waals surface area contributed by atoms with E-state index in [4.69, 9.17) is 0 Å². The average Bonchev–Trinajstić information content (AvgIpc) is 2.65. The van der Waals surface area contributed by atoms with E-state index < -0.39 is 0 Å². The first kappa shape index (κ1) is 13.0. The Morgan fingerprint density at radius 2 is 2.07 bits per heavy atom.